The first-order valence-electron chi connectivity index (χ1n) is 9.45. The topological polar surface area (TPSA) is 64.4 Å². The number of thiophene rings is 1. The fourth-order valence-electron chi connectivity index (χ4n) is 3.57. The number of methoxy groups -OCH3 is 1. The average Bonchev–Trinajstić information content (AvgIpc) is 3.15. The number of benzene rings is 1. The largest absolute Gasteiger partial charge is 0.497 e. The van der Waals surface area contributed by atoms with Crippen LogP contribution in [0.3, 0.4) is 0 Å². The van der Waals surface area contributed by atoms with Crippen LogP contribution in [0.5, 0.6) is 5.75 Å². The first kappa shape index (κ1) is 18.7. The molecule has 4 rings (SSSR count). The Morgan fingerprint density at radius 1 is 1.25 bits per heavy atom. The molecule has 0 spiro atoms. The Hall–Kier alpha value is -2.67. The fraction of sp³-hybridized carbons (Fsp3) is 0.381. The molecule has 2 aromatic heterocycles. The molecule has 0 aliphatic carbocycles. The Kier molecular flexibility index (Phi) is 5.17. The van der Waals surface area contributed by atoms with Crippen LogP contribution in [0.4, 0.5) is 0 Å². The van der Waals surface area contributed by atoms with Crippen molar-refractivity contribution in [3.63, 3.8) is 0 Å². The summed E-state index contributed by atoms with van der Waals surface area (Å²) in [5.74, 6) is 1.40. The van der Waals surface area contributed by atoms with Crippen molar-refractivity contribution >= 4 is 27.5 Å². The minimum atomic E-state index is -0.171. The number of aromatic nitrogens is 2. The summed E-state index contributed by atoms with van der Waals surface area (Å²) >= 11 is 1.44. The van der Waals surface area contributed by atoms with E-state index in [4.69, 9.17) is 4.74 Å². The Labute approximate surface area is 167 Å². The van der Waals surface area contributed by atoms with Crippen LogP contribution in [0.25, 0.3) is 21.3 Å². The molecule has 0 saturated carbocycles. The number of likely N-dealkylation sites (tertiary alicyclic amines) is 1. The molecule has 0 unspecified atom stereocenters. The first-order chi connectivity index (χ1) is 13.6. The zero-order chi connectivity index (χ0) is 19.7. The lowest BCUT2D eigenvalue weighted by Crippen LogP contribution is -2.41. The Morgan fingerprint density at radius 2 is 1.96 bits per heavy atom. The molecule has 28 heavy (non-hydrogen) atoms. The van der Waals surface area contributed by atoms with Crippen molar-refractivity contribution in [1.29, 1.82) is 0 Å². The number of carbonyl (C=O) groups is 1. The molecule has 0 atom stereocenters. The highest BCUT2D eigenvalue weighted by atomic mass is 32.1. The number of nitrogens with zero attached hydrogens (tertiary/aromatic N) is 3. The number of ether oxygens (including phenoxy) is 1. The molecular formula is C21H23N3O3S. The fourth-order valence-corrected chi connectivity index (χ4v) is 4.47. The van der Waals surface area contributed by atoms with E-state index in [1.165, 1.54) is 22.2 Å². The molecular weight excluding hydrogens is 374 g/mol. The van der Waals surface area contributed by atoms with Crippen molar-refractivity contribution in [3.05, 3.63) is 46.3 Å². The van der Waals surface area contributed by atoms with E-state index in [0.29, 0.717) is 16.1 Å². The van der Waals surface area contributed by atoms with Gasteiger partial charge in [-0.3, -0.25) is 14.2 Å². The minimum absolute atomic E-state index is 0.0172. The average molecular weight is 398 g/mol. The van der Waals surface area contributed by atoms with Crippen molar-refractivity contribution < 1.29 is 9.53 Å². The van der Waals surface area contributed by atoms with Crippen molar-refractivity contribution in [3.8, 4) is 16.9 Å². The first-order valence-corrected chi connectivity index (χ1v) is 10.3. The second-order valence-electron chi connectivity index (χ2n) is 7.30. The Morgan fingerprint density at radius 3 is 2.64 bits per heavy atom. The van der Waals surface area contributed by atoms with E-state index >= 15 is 0 Å². The van der Waals surface area contributed by atoms with E-state index in [1.807, 2.05) is 34.5 Å². The summed E-state index contributed by atoms with van der Waals surface area (Å²) in [6.07, 6.45) is 3.53. The quantitative estimate of drug-likeness (QED) is 0.677. The van der Waals surface area contributed by atoms with E-state index in [2.05, 4.69) is 11.9 Å². The summed E-state index contributed by atoms with van der Waals surface area (Å²) in [5, 5.41) is 2.51. The lowest BCUT2D eigenvalue weighted by Gasteiger charge is -2.30. The normalized spacial score (nSPS) is 15.1. The van der Waals surface area contributed by atoms with E-state index < -0.39 is 0 Å². The summed E-state index contributed by atoms with van der Waals surface area (Å²) in [6.45, 7) is 3.77. The van der Waals surface area contributed by atoms with E-state index in [1.54, 1.807) is 7.11 Å². The van der Waals surface area contributed by atoms with Crippen molar-refractivity contribution in [2.24, 2.45) is 5.92 Å². The van der Waals surface area contributed by atoms with Crippen LogP contribution in [0.2, 0.25) is 0 Å². The predicted octanol–water partition coefficient (Wildman–Crippen LogP) is 3.39. The lowest BCUT2D eigenvalue weighted by molar-refractivity contribution is -0.133. The number of amides is 1. The SMILES string of the molecule is COc1ccc(-c2csc3ncn(CC(=O)N4CCC(C)CC4)c(=O)c23)cc1. The zero-order valence-corrected chi connectivity index (χ0v) is 16.9. The number of hydrogen-bond donors (Lipinski definition) is 0. The third kappa shape index (κ3) is 3.54. The molecule has 1 aromatic carbocycles. The molecule has 1 amide bonds. The molecule has 7 heteroatoms. The van der Waals surface area contributed by atoms with Crippen molar-refractivity contribution in [2.75, 3.05) is 20.2 Å². The second-order valence-corrected chi connectivity index (χ2v) is 8.16. The number of hydrogen-bond acceptors (Lipinski definition) is 5. The van der Waals surface area contributed by atoms with Gasteiger partial charge in [-0.1, -0.05) is 19.1 Å². The van der Waals surface area contributed by atoms with Crippen LogP contribution in [0, 0.1) is 5.92 Å². The molecule has 6 nitrogen and oxygen atoms in total. The minimum Gasteiger partial charge on any atom is -0.497 e. The van der Waals surface area contributed by atoms with Crippen LogP contribution in [0.1, 0.15) is 19.8 Å². The van der Waals surface area contributed by atoms with Gasteiger partial charge in [0.05, 0.1) is 18.8 Å². The molecule has 1 fully saturated rings. The summed E-state index contributed by atoms with van der Waals surface area (Å²) in [6, 6.07) is 7.59. The third-order valence-corrected chi connectivity index (χ3v) is 6.29. The zero-order valence-electron chi connectivity index (χ0n) is 16.1. The van der Waals surface area contributed by atoms with E-state index in [9.17, 15) is 9.59 Å². The molecule has 0 bridgehead atoms. The molecule has 1 saturated heterocycles. The summed E-state index contributed by atoms with van der Waals surface area (Å²) in [7, 11) is 1.62. The highest BCUT2D eigenvalue weighted by molar-refractivity contribution is 7.17. The van der Waals surface area contributed by atoms with Gasteiger partial charge in [-0.05, 0) is 36.5 Å². The third-order valence-electron chi connectivity index (χ3n) is 5.40. The van der Waals surface area contributed by atoms with Crippen LogP contribution >= 0.6 is 11.3 Å². The van der Waals surface area contributed by atoms with Crippen LogP contribution in [0.15, 0.2) is 40.8 Å². The van der Waals surface area contributed by atoms with Crippen LogP contribution in [-0.2, 0) is 11.3 Å². The lowest BCUT2D eigenvalue weighted by atomic mass is 9.99. The van der Waals surface area contributed by atoms with Gasteiger partial charge in [-0.25, -0.2) is 4.98 Å². The summed E-state index contributed by atoms with van der Waals surface area (Å²) < 4.78 is 6.64. The highest BCUT2D eigenvalue weighted by Gasteiger charge is 2.21. The molecule has 1 aliphatic rings. The predicted molar refractivity (Wildman–Crippen MR) is 111 cm³/mol. The van der Waals surface area contributed by atoms with Gasteiger partial charge in [0.25, 0.3) is 5.56 Å². The van der Waals surface area contributed by atoms with Gasteiger partial charge >= 0.3 is 0 Å². The standard InChI is InChI=1S/C21H23N3O3S/c1-14-7-9-23(10-8-14)18(25)11-24-13-22-20-19(21(24)26)17(12-28-20)15-3-5-16(27-2)6-4-15/h3-6,12-14H,7-11H2,1-2H3. The number of piperidine rings is 1. The molecule has 0 N–H and O–H groups in total. The molecule has 146 valence electrons. The van der Waals surface area contributed by atoms with E-state index in [0.717, 1.165) is 42.8 Å². The molecule has 3 aromatic rings. The van der Waals surface area contributed by atoms with Crippen LogP contribution in [-0.4, -0.2) is 40.6 Å². The maximum Gasteiger partial charge on any atom is 0.263 e. The van der Waals surface area contributed by atoms with E-state index in [-0.39, 0.29) is 18.0 Å². The van der Waals surface area contributed by atoms with Gasteiger partial charge in [0.2, 0.25) is 5.91 Å². The maximum atomic E-state index is 13.1. The maximum absolute atomic E-state index is 13.1. The summed E-state index contributed by atoms with van der Waals surface area (Å²) in [5.41, 5.74) is 1.60. The van der Waals surface area contributed by atoms with Gasteiger partial charge < -0.3 is 9.64 Å². The molecule has 0 radical (unpaired) electrons. The van der Waals surface area contributed by atoms with Gasteiger partial charge in [0.15, 0.2) is 0 Å². The van der Waals surface area contributed by atoms with Gasteiger partial charge in [0.1, 0.15) is 17.1 Å². The number of carbonyl (C=O) groups excluding carboxylic acids is 1. The monoisotopic (exact) mass is 397 g/mol. The van der Waals surface area contributed by atoms with Crippen LogP contribution < -0.4 is 10.3 Å². The van der Waals surface area contributed by atoms with Crippen molar-refractivity contribution in [2.45, 2.75) is 26.3 Å². The molecule has 1 aliphatic heterocycles. The summed E-state index contributed by atoms with van der Waals surface area (Å²) in [4.78, 5) is 32.7. The Bertz CT molecular complexity index is 1050. The molecule has 3 heterocycles. The van der Waals surface area contributed by atoms with Crippen molar-refractivity contribution in [1.82, 2.24) is 14.5 Å². The Balaban J connectivity index is 1.64. The van der Waals surface area contributed by atoms with Gasteiger partial charge in [-0.15, -0.1) is 11.3 Å². The smallest absolute Gasteiger partial charge is 0.263 e. The second kappa shape index (κ2) is 7.75. The van der Waals surface area contributed by atoms with Gasteiger partial charge in [-0.2, -0.15) is 0 Å². The van der Waals surface area contributed by atoms with Gasteiger partial charge in [0, 0.05) is 24.0 Å². The highest BCUT2D eigenvalue weighted by Crippen LogP contribution is 2.31. The number of rotatable bonds is 4. The number of fused-ring (bicyclic) bond motifs is 1.